The van der Waals surface area contributed by atoms with Gasteiger partial charge >= 0.3 is 12.1 Å². The zero-order valence-electron chi connectivity index (χ0n) is 14.9. The Bertz CT molecular complexity index is 917. The maximum Gasteiger partial charge on any atom is 0.433 e. The van der Waals surface area contributed by atoms with Crippen molar-refractivity contribution in [1.82, 2.24) is 4.98 Å². The molecule has 2 aromatic rings. The lowest BCUT2D eigenvalue weighted by atomic mass is 10.1. The number of pyridine rings is 1. The number of hydrogen-bond acceptors (Lipinski definition) is 6. The number of esters is 1. The molecule has 2 rings (SSSR count). The van der Waals surface area contributed by atoms with Crippen LogP contribution in [0.15, 0.2) is 40.5 Å². The fourth-order valence-corrected chi connectivity index (χ4v) is 2.27. The molecule has 0 aliphatic heterocycles. The fourth-order valence-electron chi connectivity index (χ4n) is 2.27. The molecule has 0 unspecified atom stereocenters. The highest BCUT2D eigenvalue weighted by molar-refractivity contribution is 6.11. The Kier molecular flexibility index (Phi) is 6.04. The summed E-state index contributed by atoms with van der Waals surface area (Å²) in [5.74, 6) is -0.470. The average molecular weight is 381 g/mol. The number of ether oxygens (including phenoxy) is 2. The third-order valence-corrected chi connectivity index (χ3v) is 3.56. The van der Waals surface area contributed by atoms with E-state index in [-0.39, 0.29) is 29.1 Å². The first-order valence-electron chi connectivity index (χ1n) is 7.91. The molecule has 6 nitrogen and oxygen atoms in total. The number of aliphatic imine (C=N–C) groups is 1. The largest absolute Gasteiger partial charge is 0.494 e. The second-order valence-electron chi connectivity index (χ2n) is 5.45. The topological polar surface area (TPSA) is 86.8 Å². The number of hydrogen-bond donors (Lipinski definition) is 1. The van der Waals surface area contributed by atoms with Gasteiger partial charge in [0.2, 0.25) is 0 Å². The molecule has 0 amide bonds. The summed E-state index contributed by atoms with van der Waals surface area (Å²) in [4.78, 5) is 19.8. The van der Waals surface area contributed by atoms with E-state index in [4.69, 9.17) is 15.2 Å². The van der Waals surface area contributed by atoms with E-state index in [0.29, 0.717) is 11.1 Å². The summed E-state index contributed by atoms with van der Waals surface area (Å²) in [5.41, 5.74) is 5.21. The van der Waals surface area contributed by atoms with Crippen molar-refractivity contribution in [3.63, 3.8) is 0 Å². The molecule has 1 heterocycles. The second-order valence-corrected chi connectivity index (χ2v) is 5.45. The van der Waals surface area contributed by atoms with Crippen molar-refractivity contribution in [1.29, 1.82) is 0 Å². The van der Waals surface area contributed by atoms with Gasteiger partial charge < -0.3 is 15.2 Å². The number of carbonyl (C=O) groups excluding carboxylic acids is 1. The Hall–Kier alpha value is -3.10. The molecule has 0 aliphatic carbocycles. The van der Waals surface area contributed by atoms with E-state index in [0.717, 1.165) is 6.07 Å². The van der Waals surface area contributed by atoms with E-state index in [1.54, 1.807) is 13.0 Å². The molecule has 27 heavy (non-hydrogen) atoms. The number of fused-ring (bicyclic) bond motifs is 1. The number of halogens is 3. The van der Waals surface area contributed by atoms with Crippen molar-refractivity contribution in [2.75, 3.05) is 13.7 Å². The first-order valence-corrected chi connectivity index (χ1v) is 7.91. The number of allylic oxidation sites excluding steroid dienone is 1. The minimum absolute atomic E-state index is 0.00751. The molecule has 0 atom stereocenters. The van der Waals surface area contributed by atoms with Gasteiger partial charge in [0.05, 0.1) is 25.0 Å². The number of benzene rings is 1. The van der Waals surface area contributed by atoms with Gasteiger partial charge in [0.1, 0.15) is 17.0 Å². The van der Waals surface area contributed by atoms with Crippen LogP contribution in [0.4, 0.5) is 18.9 Å². The van der Waals surface area contributed by atoms with Crippen LogP contribution < -0.4 is 10.5 Å². The number of nitrogens with two attached hydrogens (primary N) is 1. The lowest BCUT2D eigenvalue weighted by Gasteiger charge is -2.11. The van der Waals surface area contributed by atoms with Crippen LogP contribution in [0, 0.1) is 0 Å². The third-order valence-electron chi connectivity index (χ3n) is 3.56. The zero-order chi connectivity index (χ0) is 20.2. The van der Waals surface area contributed by atoms with E-state index in [1.807, 2.05) is 0 Å². The predicted molar refractivity (Wildman–Crippen MR) is 95.0 cm³/mol. The van der Waals surface area contributed by atoms with Gasteiger partial charge in [-0.15, -0.1) is 0 Å². The number of alkyl halides is 3. The summed E-state index contributed by atoms with van der Waals surface area (Å²) in [7, 11) is 1.33. The van der Waals surface area contributed by atoms with E-state index in [1.165, 1.54) is 32.4 Å². The van der Waals surface area contributed by atoms with Crippen LogP contribution in [0.1, 0.15) is 19.5 Å². The van der Waals surface area contributed by atoms with E-state index in [9.17, 15) is 18.0 Å². The van der Waals surface area contributed by atoms with Crippen LogP contribution in [0.5, 0.6) is 5.75 Å². The minimum Gasteiger partial charge on any atom is -0.494 e. The molecule has 2 N–H and O–H groups in total. The van der Waals surface area contributed by atoms with Crippen molar-refractivity contribution >= 4 is 28.8 Å². The number of rotatable bonds is 5. The van der Waals surface area contributed by atoms with Crippen molar-refractivity contribution in [2.24, 2.45) is 10.7 Å². The van der Waals surface area contributed by atoms with Crippen LogP contribution in [0.25, 0.3) is 10.9 Å². The quantitative estimate of drug-likeness (QED) is 0.484. The highest BCUT2D eigenvalue weighted by atomic mass is 19.4. The van der Waals surface area contributed by atoms with Crippen LogP contribution in [0.2, 0.25) is 0 Å². The average Bonchev–Trinajstić information content (AvgIpc) is 2.60. The van der Waals surface area contributed by atoms with Gasteiger partial charge in [-0.1, -0.05) is 0 Å². The highest BCUT2D eigenvalue weighted by Gasteiger charge is 2.33. The summed E-state index contributed by atoms with van der Waals surface area (Å²) in [6.45, 7) is 3.33. The number of nitrogens with zero attached hydrogens (tertiary/aromatic N) is 2. The summed E-state index contributed by atoms with van der Waals surface area (Å²) < 4.78 is 48.9. The standard InChI is InChI=1S/C18H18F3N3O3/c1-4-27-17(25)12(10(2)22)9-23-13-6-7-14(26-3)16-11(13)5-8-15(24-16)18(19,20)21/h5-9H,4,22H2,1-3H3. The Morgan fingerprint density at radius 1 is 1.30 bits per heavy atom. The molecule has 0 radical (unpaired) electrons. The van der Waals surface area contributed by atoms with Gasteiger partial charge in [-0.3, -0.25) is 4.99 Å². The van der Waals surface area contributed by atoms with Crippen molar-refractivity contribution in [2.45, 2.75) is 20.0 Å². The van der Waals surface area contributed by atoms with E-state index in [2.05, 4.69) is 9.98 Å². The molecule has 1 aromatic heterocycles. The molecular formula is C18H18F3N3O3. The van der Waals surface area contributed by atoms with Gasteiger partial charge in [0, 0.05) is 17.3 Å². The first-order chi connectivity index (χ1) is 12.7. The summed E-state index contributed by atoms with van der Waals surface area (Å²) in [6.07, 6.45) is -3.37. The summed E-state index contributed by atoms with van der Waals surface area (Å²) in [6, 6.07) is 5.10. The molecule has 144 valence electrons. The molecule has 0 bridgehead atoms. The van der Waals surface area contributed by atoms with E-state index < -0.39 is 17.8 Å². The molecule has 0 aliphatic rings. The monoisotopic (exact) mass is 381 g/mol. The second kappa shape index (κ2) is 8.07. The number of aromatic nitrogens is 1. The Balaban J connectivity index is 2.56. The molecule has 1 aromatic carbocycles. The van der Waals surface area contributed by atoms with Crippen LogP contribution in [-0.2, 0) is 15.7 Å². The highest BCUT2D eigenvalue weighted by Crippen LogP contribution is 2.35. The maximum absolute atomic E-state index is 13.0. The normalized spacial score (nSPS) is 13.0. The van der Waals surface area contributed by atoms with Gasteiger partial charge in [-0.05, 0) is 38.1 Å². The Labute approximate surface area is 153 Å². The predicted octanol–water partition coefficient (Wildman–Crippen LogP) is 3.76. The van der Waals surface area contributed by atoms with Crippen LogP contribution >= 0.6 is 0 Å². The van der Waals surface area contributed by atoms with Gasteiger partial charge in [0.25, 0.3) is 0 Å². The van der Waals surface area contributed by atoms with Gasteiger partial charge in [-0.2, -0.15) is 13.2 Å². The molecule has 0 saturated heterocycles. The summed E-state index contributed by atoms with van der Waals surface area (Å²) in [5, 5.41) is 0.330. The van der Waals surface area contributed by atoms with Crippen molar-refractivity contribution < 1.29 is 27.4 Å². The lowest BCUT2D eigenvalue weighted by Crippen LogP contribution is -2.13. The van der Waals surface area contributed by atoms with Crippen LogP contribution in [-0.4, -0.2) is 30.9 Å². The third kappa shape index (κ3) is 4.55. The van der Waals surface area contributed by atoms with Gasteiger partial charge in [-0.25, -0.2) is 9.78 Å². The zero-order valence-corrected chi connectivity index (χ0v) is 14.9. The maximum atomic E-state index is 13.0. The smallest absolute Gasteiger partial charge is 0.433 e. The first kappa shape index (κ1) is 20.2. The summed E-state index contributed by atoms with van der Waals surface area (Å²) >= 11 is 0. The number of carbonyl (C=O) groups is 1. The molecule has 0 spiro atoms. The van der Waals surface area contributed by atoms with Crippen LogP contribution in [0.3, 0.4) is 0 Å². The molecule has 0 fully saturated rings. The fraction of sp³-hybridized carbons (Fsp3) is 0.278. The molecule has 9 heteroatoms. The lowest BCUT2D eigenvalue weighted by molar-refractivity contribution is -0.141. The SMILES string of the molecule is CCOC(=O)C(C=Nc1ccc(OC)c2nc(C(F)(F)F)ccc12)=C(C)N. The van der Waals surface area contributed by atoms with Gasteiger partial charge in [0.15, 0.2) is 0 Å². The minimum atomic E-state index is -4.59. The molecule has 0 saturated carbocycles. The van der Waals surface area contributed by atoms with E-state index >= 15 is 0 Å². The van der Waals surface area contributed by atoms with Crippen molar-refractivity contribution in [3.05, 3.63) is 41.2 Å². The Morgan fingerprint density at radius 2 is 2.00 bits per heavy atom. The molecular weight excluding hydrogens is 363 g/mol. The number of methoxy groups -OCH3 is 1. The van der Waals surface area contributed by atoms with Crippen molar-refractivity contribution in [3.8, 4) is 5.75 Å². The Morgan fingerprint density at radius 3 is 2.56 bits per heavy atom.